The van der Waals surface area contributed by atoms with E-state index in [1.807, 2.05) is 11.5 Å². The van der Waals surface area contributed by atoms with Gasteiger partial charge in [0.15, 0.2) is 5.82 Å². The van der Waals surface area contributed by atoms with Crippen LogP contribution in [0.3, 0.4) is 0 Å². The Kier molecular flexibility index (Phi) is 3.06. The zero-order valence-electron chi connectivity index (χ0n) is 11.1. The van der Waals surface area contributed by atoms with Crippen LogP contribution in [0.25, 0.3) is 5.69 Å². The number of hydrogen-bond donors (Lipinski definition) is 0. The molecular weight excluding hydrogens is 245 g/mol. The molecule has 19 heavy (non-hydrogen) atoms. The topological polar surface area (TPSA) is 39.9 Å². The summed E-state index contributed by atoms with van der Waals surface area (Å²) in [6.07, 6.45) is 2.32. The molecule has 2 heterocycles. The molecule has 1 aromatic carbocycles. The predicted molar refractivity (Wildman–Crippen MR) is 68.8 cm³/mol. The van der Waals surface area contributed by atoms with E-state index in [0.29, 0.717) is 0 Å². The summed E-state index contributed by atoms with van der Waals surface area (Å²) in [4.78, 5) is 0. The summed E-state index contributed by atoms with van der Waals surface area (Å²) in [6.45, 7) is 2.05. The van der Waals surface area contributed by atoms with Crippen molar-refractivity contribution in [3.05, 3.63) is 41.2 Å². The molecule has 0 bridgehead atoms. The first-order valence-corrected chi connectivity index (χ1v) is 6.50. The Morgan fingerprint density at radius 3 is 2.95 bits per heavy atom. The number of aromatic nitrogens is 3. The summed E-state index contributed by atoms with van der Waals surface area (Å²) in [6, 6.07) is 4.86. The molecule has 4 nitrogen and oxygen atoms in total. The van der Waals surface area contributed by atoms with Crippen LogP contribution in [0.1, 0.15) is 36.7 Å². The van der Waals surface area contributed by atoms with Crippen molar-refractivity contribution in [2.45, 2.75) is 32.3 Å². The van der Waals surface area contributed by atoms with Crippen molar-refractivity contribution >= 4 is 0 Å². The maximum atomic E-state index is 13.3. The van der Waals surface area contributed by atoms with Crippen LogP contribution in [0.15, 0.2) is 18.2 Å². The summed E-state index contributed by atoms with van der Waals surface area (Å²) in [5.74, 6) is 1.52. The van der Waals surface area contributed by atoms with Crippen molar-refractivity contribution in [1.29, 1.82) is 0 Å². The molecule has 0 saturated heterocycles. The Balaban J connectivity index is 2.16. The number of aryl methyl sites for hydroxylation is 2. The fourth-order valence-electron chi connectivity index (χ4n) is 2.64. The predicted octanol–water partition coefficient (Wildman–Crippen LogP) is 2.60. The number of halogens is 1. The zero-order chi connectivity index (χ0) is 13.4. The second kappa shape index (κ2) is 4.74. The summed E-state index contributed by atoms with van der Waals surface area (Å²) in [5.41, 5.74) is 1.97. The Hall–Kier alpha value is -1.75. The van der Waals surface area contributed by atoms with Gasteiger partial charge >= 0.3 is 0 Å². The smallest absolute Gasteiger partial charge is 0.166 e. The van der Waals surface area contributed by atoms with Crippen molar-refractivity contribution < 1.29 is 9.13 Å². The van der Waals surface area contributed by atoms with Crippen LogP contribution in [-0.2, 0) is 17.6 Å². The molecule has 0 saturated carbocycles. The SMILES string of the molecule is CCC(OC)c1nnc2n1-c1ccc(F)cc1CC2. The molecule has 3 rings (SSSR count). The van der Waals surface area contributed by atoms with Gasteiger partial charge in [-0.2, -0.15) is 0 Å². The lowest BCUT2D eigenvalue weighted by atomic mass is 10.0. The van der Waals surface area contributed by atoms with Gasteiger partial charge in [0.25, 0.3) is 0 Å². The van der Waals surface area contributed by atoms with Gasteiger partial charge in [-0.15, -0.1) is 10.2 Å². The van der Waals surface area contributed by atoms with E-state index in [2.05, 4.69) is 10.2 Å². The molecule has 0 spiro atoms. The lowest BCUT2D eigenvalue weighted by Crippen LogP contribution is -2.17. The lowest BCUT2D eigenvalue weighted by molar-refractivity contribution is 0.0909. The average Bonchev–Trinajstić information content (AvgIpc) is 2.84. The first kappa shape index (κ1) is 12.3. The van der Waals surface area contributed by atoms with Gasteiger partial charge < -0.3 is 4.74 Å². The van der Waals surface area contributed by atoms with Crippen LogP contribution in [0, 0.1) is 5.82 Å². The van der Waals surface area contributed by atoms with E-state index in [9.17, 15) is 4.39 Å². The third-order valence-electron chi connectivity index (χ3n) is 3.60. The molecule has 0 fully saturated rings. The molecule has 0 aliphatic carbocycles. The number of fused-ring (bicyclic) bond motifs is 3. The normalized spacial score (nSPS) is 14.9. The molecule has 0 radical (unpaired) electrons. The Labute approximate surface area is 111 Å². The van der Waals surface area contributed by atoms with Crippen molar-refractivity contribution in [2.24, 2.45) is 0 Å². The summed E-state index contributed by atoms with van der Waals surface area (Å²) in [5, 5.41) is 8.49. The molecule has 2 aromatic rings. The molecule has 5 heteroatoms. The van der Waals surface area contributed by atoms with Gasteiger partial charge in [-0.25, -0.2) is 4.39 Å². The van der Waals surface area contributed by atoms with Crippen LogP contribution < -0.4 is 0 Å². The third kappa shape index (κ3) is 1.94. The highest BCUT2D eigenvalue weighted by molar-refractivity contribution is 5.46. The molecule has 1 aliphatic rings. The van der Waals surface area contributed by atoms with E-state index >= 15 is 0 Å². The van der Waals surface area contributed by atoms with E-state index in [1.165, 1.54) is 6.07 Å². The van der Waals surface area contributed by atoms with E-state index in [4.69, 9.17) is 4.74 Å². The first-order chi connectivity index (χ1) is 9.24. The van der Waals surface area contributed by atoms with Gasteiger partial charge in [0, 0.05) is 13.5 Å². The quantitative estimate of drug-likeness (QED) is 0.852. The van der Waals surface area contributed by atoms with Crippen LogP contribution in [0.5, 0.6) is 0 Å². The van der Waals surface area contributed by atoms with Crippen molar-refractivity contribution in [3.8, 4) is 5.69 Å². The Bertz CT molecular complexity index is 605. The highest BCUT2D eigenvalue weighted by Crippen LogP contribution is 2.29. The van der Waals surface area contributed by atoms with Gasteiger partial charge in [-0.3, -0.25) is 4.57 Å². The first-order valence-electron chi connectivity index (χ1n) is 6.50. The van der Waals surface area contributed by atoms with Gasteiger partial charge in [0.2, 0.25) is 0 Å². The minimum atomic E-state index is -0.199. The van der Waals surface area contributed by atoms with Crippen molar-refractivity contribution in [1.82, 2.24) is 14.8 Å². The van der Waals surface area contributed by atoms with Gasteiger partial charge in [0.1, 0.15) is 17.7 Å². The number of benzene rings is 1. The molecule has 1 aliphatic heterocycles. The summed E-state index contributed by atoms with van der Waals surface area (Å²) in [7, 11) is 1.67. The van der Waals surface area contributed by atoms with Gasteiger partial charge in [-0.1, -0.05) is 6.92 Å². The van der Waals surface area contributed by atoms with E-state index in [-0.39, 0.29) is 11.9 Å². The van der Waals surface area contributed by atoms with Crippen molar-refractivity contribution in [2.75, 3.05) is 7.11 Å². The highest BCUT2D eigenvalue weighted by Gasteiger charge is 2.25. The third-order valence-corrected chi connectivity index (χ3v) is 3.60. The maximum absolute atomic E-state index is 13.3. The van der Waals surface area contributed by atoms with Crippen LogP contribution in [-0.4, -0.2) is 21.9 Å². The number of ether oxygens (including phenoxy) is 1. The van der Waals surface area contributed by atoms with E-state index in [1.54, 1.807) is 19.2 Å². The minimum absolute atomic E-state index is 0.0859. The number of methoxy groups -OCH3 is 1. The monoisotopic (exact) mass is 261 g/mol. The number of rotatable bonds is 3. The Morgan fingerprint density at radius 2 is 2.21 bits per heavy atom. The molecular formula is C14H16FN3O. The van der Waals surface area contributed by atoms with Crippen LogP contribution in [0.4, 0.5) is 4.39 Å². The van der Waals surface area contributed by atoms with Gasteiger partial charge in [-0.05, 0) is 36.6 Å². The average molecular weight is 261 g/mol. The summed E-state index contributed by atoms with van der Waals surface area (Å²) >= 11 is 0. The van der Waals surface area contributed by atoms with Gasteiger partial charge in [0.05, 0.1) is 5.69 Å². The number of hydrogen-bond acceptors (Lipinski definition) is 3. The molecule has 0 amide bonds. The second-order valence-corrected chi connectivity index (χ2v) is 4.72. The summed E-state index contributed by atoms with van der Waals surface area (Å²) < 4.78 is 20.8. The Morgan fingerprint density at radius 1 is 1.37 bits per heavy atom. The van der Waals surface area contributed by atoms with Crippen molar-refractivity contribution in [3.63, 3.8) is 0 Å². The zero-order valence-corrected chi connectivity index (χ0v) is 11.1. The molecule has 1 unspecified atom stereocenters. The minimum Gasteiger partial charge on any atom is -0.373 e. The molecule has 1 aromatic heterocycles. The van der Waals surface area contributed by atoms with Crippen LogP contribution >= 0.6 is 0 Å². The van der Waals surface area contributed by atoms with E-state index < -0.39 is 0 Å². The second-order valence-electron chi connectivity index (χ2n) is 4.72. The molecule has 1 atom stereocenters. The lowest BCUT2D eigenvalue weighted by Gasteiger charge is -2.21. The largest absolute Gasteiger partial charge is 0.373 e. The maximum Gasteiger partial charge on any atom is 0.166 e. The highest BCUT2D eigenvalue weighted by atomic mass is 19.1. The molecule has 0 N–H and O–H groups in total. The fourth-order valence-corrected chi connectivity index (χ4v) is 2.64. The fraction of sp³-hybridized carbons (Fsp3) is 0.429. The van der Waals surface area contributed by atoms with E-state index in [0.717, 1.165) is 42.2 Å². The molecule has 100 valence electrons. The standard InChI is InChI=1S/C14H16FN3O/c1-3-12(19-2)14-17-16-13-7-4-9-8-10(15)5-6-11(9)18(13)14/h5-6,8,12H,3-4,7H2,1-2H3. The van der Waals surface area contributed by atoms with Crippen LogP contribution in [0.2, 0.25) is 0 Å². The number of nitrogens with zero attached hydrogens (tertiary/aromatic N) is 3.